The van der Waals surface area contributed by atoms with Crippen LogP contribution in [0.25, 0.3) is 0 Å². The Labute approximate surface area is 124 Å². The van der Waals surface area contributed by atoms with E-state index in [1.807, 2.05) is 0 Å². The predicted molar refractivity (Wildman–Crippen MR) is 77.8 cm³/mol. The number of carbonyl (C=O) groups is 2. The van der Waals surface area contributed by atoms with E-state index in [1.165, 1.54) is 12.1 Å². The zero-order valence-corrected chi connectivity index (χ0v) is 12.2. The Bertz CT molecular complexity index is 502. The molecule has 1 aromatic rings. The first-order valence-electron chi connectivity index (χ1n) is 5.77. The van der Waals surface area contributed by atoms with Gasteiger partial charge < -0.3 is 20.8 Å². The number of benzene rings is 1. The van der Waals surface area contributed by atoms with Crippen molar-refractivity contribution in [3.8, 4) is 5.75 Å². The minimum absolute atomic E-state index is 0.0992. The van der Waals surface area contributed by atoms with E-state index in [9.17, 15) is 9.59 Å². The number of hydrogen-bond acceptors (Lipinski definition) is 3. The average molecular weight is 343 g/mol. The molecule has 0 bridgehead atoms. The SMILES string of the molecule is C=C(Br)CNC(=O)N[C@@H](Cc1ccc(O)cc1)C(=O)O. The van der Waals surface area contributed by atoms with E-state index < -0.39 is 18.0 Å². The molecule has 0 fully saturated rings. The summed E-state index contributed by atoms with van der Waals surface area (Å²) in [5.74, 6) is -1.03. The smallest absolute Gasteiger partial charge is 0.326 e. The van der Waals surface area contributed by atoms with Crippen LogP contribution in [0.1, 0.15) is 5.56 Å². The summed E-state index contributed by atoms with van der Waals surface area (Å²) in [6.07, 6.45) is 0.123. The number of amides is 2. The molecule has 1 rings (SSSR count). The van der Waals surface area contributed by atoms with Gasteiger partial charge in [0.1, 0.15) is 11.8 Å². The van der Waals surface area contributed by atoms with Crippen molar-refractivity contribution < 1.29 is 19.8 Å². The maximum absolute atomic E-state index is 11.5. The van der Waals surface area contributed by atoms with E-state index in [4.69, 9.17) is 10.2 Å². The van der Waals surface area contributed by atoms with Crippen LogP contribution in [0.15, 0.2) is 35.3 Å². The summed E-state index contributed by atoms with van der Waals surface area (Å²) in [6, 6.07) is 4.49. The average Bonchev–Trinajstić information content (AvgIpc) is 2.38. The first kappa shape index (κ1) is 16.0. The second-order valence-electron chi connectivity index (χ2n) is 4.11. The van der Waals surface area contributed by atoms with Crippen molar-refractivity contribution >= 4 is 27.9 Å². The first-order chi connectivity index (χ1) is 9.38. The number of aromatic hydroxyl groups is 1. The van der Waals surface area contributed by atoms with Crippen molar-refractivity contribution in [3.63, 3.8) is 0 Å². The third-order valence-corrected chi connectivity index (χ3v) is 2.70. The van der Waals surface area contributed by atoms with Crippen molar-refractivity contribution in [1.82, 2.24) is 10.6 Å². The van der Waals surface area contributed by atoms with Crippen LogP contribution < -0.4 is 10.6 Å². The second-order valence-corrected chi connectivity index (χ2v) is 5.23. The Hall–Kier alpha value is -2.02. The van der Waals surface area contributed by atoms with Crippen molar-refractivity contribution in [1.29, 1.82) is 0 Å². The van der Waals surface area contributed by atoms with Gasteiger partial charge in [-0.2, -0.15) is 0 Å². The Balaban J connectivity index is 2.60. The van der Waals surface area contributed by atoms with E-state index in [1.54, 1.807) is 12.1 Å². The van der Waals surface area contributed by atoms with Gasteiger partial charge >= 0.3 is 12.0 Å². The van der Waals surface area contributed by atoms with Crippen LogP contribution in [0.4, 0.5) is 4.79 Å². The van der Waals surface area contributed by atoms with Crippen molar-refractivity contribution in [2.24, 2.45) is 0 Å². The number of nitrogens with one attached hydrogen (secondary N) is 2. The lowest BCUT2D eigenvalue weighted by Gasteiger charge is -2.15. The third kappa shape index (κ3) is 5.75. The molecule has 0 heterocycles. The van der Waals surface area contributed by atoms with Gasteiger partial charge in [0, 0.05) is 10.9 Å². The van der Waals surface area contributed by atoms with Crippen LogP contribution in [0.3, 0.4) is 0 Å². The molecule has 0 spiro atoms. The largest absolute Gasteiger partial charge is 0.508 e. The molecule has 4 N–H and O–H groups in total. The zero-order chi connectivity index (χ0) is 15.1. The number of phenolic OH excluding ortho intramolecular Hbond substituents is 1. The quantitative estimate of drug-likeness (QED) is 0.630. The molecular formula is C13H15BrN2O4. The van der Waals surface area contributed by atoms with Gasteiger partial charge in [-0.05, 0) is 17.7 Å². The Morgan fingerprint density at radius 2 is 1.90 bits per heavy atom. The number of halogens is 1. The van der Waals surface area contributed by atoms with Gasteiger partial charge in [0.05, 0.1) is 6.54 Å². The van der Waals surface area contributed by atoms with Gasteiger partial charge in [0.25, 0.3) is 0 Å². The first-order valence-corrected chi connectivity index (χ1v) is 6.56. The minimum Gasteiger partial charge on any atom is -0.508 e. The molecule has 0 saturated heterocycles. The van der Waals surface area contributed by atoms with E-state index >= 15 is 0 Å². The summed E-state index contributed by atoms with van der Waals surface area (Å²) in [6.45, 7) is 3.76. The Morgan fingerprint density at radius 3 is 2.40 bits per heavy atom. The topological polar surface area (TPSA) is 98.7 Å². The molecule has 1 aromatic carbocycles. The van der Waals surface area contributed by atoms with Crippen molar-refractivity contribution in [2.45, 2.75) is 12.5 Å². The van der Waals surface area contributed by atoms with Gasteiger partial charge in [-0.1, -0.05) is 34.6 Å². The minimum atomic E-state index is -1.13. The van der Waals surface area contributed by atoms with Crippen LogP contribution in [-0.4, -0.2) is 34.8 Å². The number of rotatable bonds is 6. The lowest BCUT2D eigenvalue weighted by atomic mass is 10.1. The molecule has 6 nitrogen and oxygen atoms in total. The van der Waals surface area contributed by atoms with Crippen molar-refractivity contribution in [3.05, 3.63) is 40.9 Å². The number of urea groups is 1. The highest BCUT2D eigenvalue weighted by atomic mass is 79.9. The van der Waals surface area contributed by atoms with Gasteiger partial charge in [0.15, 0.2) is 0 Å². The summed E-state index contributed by atoms with van der Waals surface area (Å²) in [5, 5.41) is 23.1. The molecule has 0 radical (unpaired) electrons. The summed E-state index contributed by atoms with van der Waals surface area (Å²) in [5.41, 5.74) is 0.695. The maximum Gasteiger partial charge on any atom is 0.326 e. The van der Waals surface area contributed by atoms with Crippen LogP contribution in [0.2, 0.25) is 0 Å². The Kier molecular flexibility index (Phi) is 6.05. The summed E-state index contributed by atoms with van der Waals surface area (Å²) >= 11 is 3.08. The van der Waals surface area contributed by atoms with Crippen LogP contribution >= 0.6 is 15.9 Å². The summed E-state index contributed by atoms with van der Waals surface area (Å²) < 4.78 is 0.582. The van der Waals surface area contributed by atoms with Gasteiger partial charge in [0.2, 0.25) is 0 Å². The summed E-state index contributed by atoms with van der Waals surface area (Å²) in [4.78, 5) is 22.6. The van der Waals surface area contributed by atoms with Gasteiger partial charge in [-0.15, -0.1) is 0 Å². The maximum atomic E-state index is 11.5. The highest BCUT2D eigenvalue weighted by Crippen LogP contribution is 2.11. The number of carbonyl (C=O) groups excluding carboxylic acids is 1. The van der Waals surface area contributed by atoms with Crippen molar-refractivity contribution in [2.75, 3.05) is 6.54 Å². The monoisotopic (exact) mass is 342 g/mol. The van der Waals surface area contributed by atoms with Crippen LogP contribution in [0, 0.1) is 0 Å². The predicted octanol–water partition coefficient (Wildman–Crippen LogP) is 1.60. The molecule has 108 valence electrons. The summed E-state index contributed by atoms with van der Waals surface area (Å²) in [7, 11) is 0. The molecule has 20 heavy (non-hydrogen) atoms. The second kappa shape index (κ2) is 7.54. The Morgan fingerprint density at radius 1 is 1.30 bits per heavy atom. The molecule has 0 aliphatic heterocycles. The number of carboxylic acid groups (broad SMARTS) is 1. The van der Waals surface area contributed by atoms with E-state index in [0.717, 1.165) is 0 Å². The fourth-order valence-electron chi connectivity index (χ4n) is 1.45. The fraction of sp³-hybridized carbons (Fsp3) is 0.231. The zero-order valence-electron chi connectivity index (χ0n) is 10.6. The highest BCUT2D eigenvalue weighted by Gasteiger charge is 2.20. The highest BCUT2D eigenvalue weighted by molar-refractivity contribution is 9.11. The number of hydrogen-bond donors (Lipinski definition) is 4. The van der Waals surface area contributed by atoms with Crippen LogP contribution in [0.5, 0.6) is 5.75 Å². The van der Waals surface area contributed by atoms with Crippen LogP contribution in [-0.2, 0) is 11.2 Å². The number of phenols is 1. The van der Waals surface area contributed by atoms with E-state index in [0.29, 0.717) is 10.0 Å². The van der Waals surface area contributed by atoms with Gasteiger partial charge in [-0.25, -0.2) is 9.59 Å². The number of carboxylic acids is 1. The van der Waals surface area contributed by atoms with E-state index in [-0.39, 0.29) is 18.7 Å². The standard InChI is InChI=1S/C13H15BrN2O4/c1-8(14)7-15-13(20)16-11(12(18)19)6-9-2-4-10(17)5-3-9/h2-5,11,17H,1,6-7H2,(H,18,19)(H2,15,16,20)/t11-/m0/s1. The number of aliphatic carboxylic acids is 1. The molecule has 7 heteroatoms. The lowest BCUT2D eigenvalue weighted by molar-refractivity contribution is -0.139. The molecule has 0 aliphatic rings. The molecule has 0 unspecified atom stereocenters. The van der Waals surface area contributed by atoms with E-state index in [2.05, 4.69) is 33.1 Å². The third-order valence-electron chi connectivity index (χ3n) is 2.42. The molecule has 0 aliphatic carbocycles. The normalized spacial score (nSPS) is 11.4. The molecule has 0 aromatic heterocycles. The molecule has 0 saturated carbocycles. The molecule has 2 amide bonds. The molecule has 1 atom stereocenters. The van der Waals surface area contributed by atoms with Gasteiger partial charge in [-0.3, -0.25) is 0 Å². The lowest BCUT2D eigenvalue weighted by Crippen LogP contribution is -2.47. The fourth-order valence-corrected chi connectivity index (χ4v) is 1.59. The molecular weight excluding hydrogens is 328 g/mol.